The van der Waals surface area contributed by atoms with E-state index in [9.17, 15) is 4.79 Å². The van der Waals surface area contributed by atoms with Gasteiger partial charge in [0.25, 0.3) is 5.91 Å². The Bertz CT molecular complexity index is 1010. The zero-order valence-corrected chi connectivity index (χ0v) is 20.7. The molecule has 5 nitrogen and oxygen atoms in total. The van der Waals surface area contributed by atoms with Crippen LogP contribution in [-0.4, -0.2) is 42.0 Å². The van der Waals surface area contributed by atoms with Gasteiger partial charge in [-0.2, -0.15) is 0 Å². The lowest BCUT2D eigenvalue weighted by Crippen LogP contribution is -2.22. The molecule has 0 spiro atoms. The van der Waals surface area contributed by atoms with Gasteiger partial charge in [0.1, 0.15) is 10.1 Å². The molecule has 0 unspecified atom stereocenters. The Labute approximate surface area is 203 Å². The van der Waals surface area contributed by atoms with Gasteiger partial charge in [0.2, 0.25) is 0 Å². The smallest absolute Gasteiger partial charge is 0.265 e. The van der Waals surface area contributed by atoms with Crippen molar-refractivity contribution >= 4 is 51.9 Å². The fourth-order valence-electron chi connectivity index (χ4n) is 3.02. The van der Waals surface area contributed by atoms with Crippen molar-refractivity contribution in [3.8, 4) is 17.2 Å². The van der Waals surface area contributed by atoms with E-state index >= 15 is 0 Å². The largest absolute Gasteiger partial charge is 0.493 e. The van der Waals surface area contributed by atoms with Crippen LogP contribution in [0.5, 0.6) is 17.2 Å². The Balaban J connectivity index is 1.62. The first-order valence-corrected chi connectivity index (χ1v) is 12.1. The normalized spacial score (nSPS) is 14.9. The van der Waals surface area contributed by atoms with Gasteiger partial charge in [-0.25, -0.2) is 0 Å². The molecule has 0 bridgehead atoms. The number of thiocarbonyl (C=S) groups is 1. The standard InChI is InChI=1S/C24H26ClNO4S2/c1-4-16-7-9-18(10-8-16)29-11-6-12-30-22-19(25)13-17(14-20(22)28-5-2)15-21-23(27)26(3)24(31)32-21/h7-10,13-15H,4-6,11-12H2,1-3H3/b21-15-. The molecule has 0 aromatic heterocycles. The topological polar surface area (TPSA) is 48.0 Å². The summed E-state index contributed by atoms with van der Waals surface area (Å²) >= 11 is 12.9. The van der Waals surface area contributed by atoms with Gasteiger partial charge >= 0.3 is 0 Å². The zero-order valence-electron chi connectivity index (χ0n) is 18.4. The summed E-state index contributed by atoms with van der Waals surface area (Å²) < 4.78 is 18.0. The van der Waals surface area contributed by atoms with E-state index in [-0.39, 0.29) is 5.91 Å². The van der Waals surface area contributed by atoms with Crippen molar-refractivity contribution in [2.75, 3.05) is 26.9 Å². The lowest BCUT2D eigenvalue weighted by Gasteiger charge is -2.15. The molecule has 1 amide bonds. The van der Waals surface area contributed by atoms with Crippen molar-refractivity contribution < 1.29 is 19.0 Å². The number of thioether (sulfide) groups is 1. The lowest BCUT2D eigenvalue weighted by molar-refractivity contribution is -0.121. The summed E-state index contributed by atoms with van der Waals surface area (Å²) in [7, 11) is 1.66. The van der Waals surface area contributed by atoms with E-state index < -0.39 is 0 Å². The highest BCUT2D eigenvalue weighted by Gasteiger charge is 2.28. The van der Waals surface area contributed by atoms with Crippen LogP contribution in [0.3, 0.4) is 0 Å². The Kier molecular flexibility index (Phi) is 8.84. The minimum Gasteiger partial charge on any atom is -0.493 e. The van der Waals surface area contributed by atoms with Crippen molar-refractivity contribution in [3.63, 3.8) is 0 Å². The third-order valence-electron chi connectivity index (χ3n) is 4.75. The second kappa shape index (κ2) is 11.6. The fourth-order valence-corrected chi connectivity index (χ4v) is 4.47. The summed E-state index contributed by atoms with van der Waals surface area (Å²) in [5.74, 6) is 1.74. The maximum Gasteiger partial charge on any atom is 0.265 e. The molecule has 0 saturated carbocycles. The molecule has 8 heteroatoms. The van der Waals surface area contributed by atoms with Crippen molar-refractivity contribution in [2.45, 2.75) is 26.7 Å². The number of nitrogens with zero attached hydrogens (tertiary/aromatic N) is 1. The Hall–Kier alpha value is -2.22. The first-order chi connectivity index (χ1) is 15.4. The molecule has 1 aliphatic heterocycles. The molecular formula is C24H26ClNO4S2. The summed E-state index contributed by atoms with van der Waals surface area (Å²) in [5.41, 5.74) is 2.03. The van der Waals surface area contributed by atoms with Gasteiger partial charge in [-0.1, -0.05) is 54.6 Å². The number of hydrogen-bond acceptors (Lipinski definition) is 6. The van der Waals surface area contributed by atoms with Gasteiger partial charge in [-0.15, -0.1) is 0 Å². The van der Waals surface area contributed by atoms with Gasteiger partial charge in [0.05, 0.1) is 29.7 Å². The number of carbonyl (C=O) groups is 1. The number of benzene rings is 2. The van der Waals surface area contributed by atoms with Crippen molar-refractivity contribution in [1.29, 1.82) is 0 Å². The number of halogens is 1. The monoisotopic (exact) mass is 491 g/mol. The number of hydrogen-bond donors (Lipinski definition) is 0. The number of rotatable bonds is 10. The van der Waals surface area contributed by atoms with Crippen LogP contribution in [-0.2, 0) is 11.2 Å². The minimum absolute atomic E-state index is 0.126. The highest BCUT2D eigenvalue weighted by atomic mass is 35.5. The predicted molar refractivity (Wildman–Crippen MR) is 135 cm³/mol. The van der Waals surface area contributed by atoms with E-state index in [0.29, 0.717) is 52.0 Å². The van der Waals surface area contributed by atoms with Crippen LogP contribution in [0.4, 0.5) is 0 Å². The molecule has 170 valence electrons. The summed E-state index contributed by atoms with van der Waals surface area (Å²) in [5, 5.41) is 0.422. The molecule has 2 aromatic carbocycles. The molecule has 0 radical (unpaired) electrons. The first kappa shape index (κ1) is 24.4. The van der Waals surface area contributed by atoms with E-state index in [1.54, 1.807) is 19.2 Å². The van der Waals surface area contributed by atoms with Crippen molar-refractivity contribution in [2.24, 2.45) is 0 Å². The highest BCUT2D eigenvalue weighted by molar-refractivity contribution is 8.26. The number of likely N-dealkylation sites (N-methyl/N-ethyl adjacent to an activating group) is 1. The Morgan fingerprint density at radius 2 is 1.81 bits per heavy atom. The summed E-state index contributed by atoms with van der Waals surface area (Å²) in [4.78, 5) is 14.3. The molecule has 2 aromatic rings. The first-order valence-electron chi connectivity index (χ1n) is 10.4. The van der Waals surface area contributed by atoms with Gasteiger partial charge in [0, 0.05) is 13.5 Å². The molecule has 0 atom stereocenters. The van der Waals surface area contributed by atoms with Gasteiger partial charge in [0.15, 0.2) is 11.5 Å². The molecule has 1 saturated heterocycles. The van der Waals surface area contributed by atoms with Crippen LogP contribution in [0.2, 0.25) is 5.02 Å². The maximum atomic E-state index is 12.3. The zero-order chi connectivity index (χ0) is 23.1. The van der Waals surface area contributed by atoms with Crippen molar-refractivity contribution in [1.82, 2.24) is 4.90 Å². The van der Waals surface area contributed by atoms with E-state index in [4.69, 9.17) is 38.0 Å². The lowest BCUT2D eigenvalue weighted by atomic mass is 10.1. The van der Waals surface area contributed by atoms with Gasteiger partial charge in [-0.05, 0) is 54.8 Å². The average Bonchev–Trinajstić information content (AvgIpc) is 3.02. The summed E-state index contributed by atoms with van der Waals surface area (Å²) in [6.07, 6.45) is 3.46. The second-order valence-electron chi connectivity index (χ2n) is 7.05. The Morgan fingerprint density at radius 3 is 2.44 bits per heavy atom. The number of ether oxygens (including phenoxy) is 3. The third-order valence-corrected chi connectivity index (χ3v) is 6.52. The molecule has 1 fully saturated rings. The number of amides is 1. The number of aryl methyl sites for hydroxylation is 1. The van der Waals surface area contributed by atoms with Crippen LogP contribution in [0.15, 0.2) is 41.3 Å². The van der Waals surface area contributed by atoms with Crippen LogP contribution in [0, 0.1) is 0 Å². The van der Waals surface area contributed by atoms with Crippen molar-refractivity contribution in [3.05, 3.63) is 57.5 Å². The van der Waals surface area contributed by atoms with E-state index in [2.05, 4.69) is 19.1 Å². The summed E-state index contributed by atoms with van der Waals surface area (Å²) in [6.45, 7) is 5.44. The maximum absolute atomic E-state index is 12.3. The summed E-state index contributed by atoms with van der Waals surface area (Å²) in [6, 6.07) is 11.7. The van der Waals surface area contributed by atoms with Crippen LogP contribution < -0.4 is 14.2 Å². The molecule has 32 heavy (non-hydrogen) atoms. The Morgan fingerprint density at radius 1 is 1.09 bits per heavy atom. The van der Waals surface area contributed by atoms with E-state index in [1.807, 2.05) is 25.1 Å². The molecule has 1 aliphatic rings. The quantitative estimate of drug-likeness (QED) is 0.231. The van der Waals surface area contributed by atoms with E-state index in [1.165, 1.54) is 22.2 Å². The molecule has 1 heterocycles. The highest BCUT2D eigenvalue weighted by Crippen LogP contribution is 2.39. The van der Waals surface area contributed by atoms with Gasteiger partial charge < -0.3 is 14.2 Å². The fraction of sp³-hybridized carbons (Fsp3) is 0.333. The second-order valence-corrected chi connectivity index (χ2v) is 9.13. The molecule has 0 aliphatic carbocycles. The SMILES string of the molecule is CCOc1cc(/C=C2\SC(=S)N(C)C2=O)cc(Cl)c1OCCCOc1ccc(CC)cc1. The van der Waals surface area contributed by atoms with E-state index in [0.717, 1.165) is 17.7 Å². The van der Waals surface area contributed by atoms with Crippen LogP contribution >= 0.6 is 35.6 Å². The minimum atomic E-state index is -0.126. The van der Waals surface area contributed by atoms with Crippen LogP contribution in [0.1, 0.15) is 31.4 Å². The number of carbonyl (C=O) groups excluding carboxylic acids is 1. The van der Waals surface area contributed by atoms with Crippen LogP contribution in [0.25, 0.3) is 6.08 Å². The third kappa shape index (κ3) is 6.18. The molecule has 0 N–H and O–H groups in total. The molecular weight excluding hydrogens is 466 g/mol. The molecule has 3 rings (SSSR count). The van der Waals surface area contributed by atoms with Gasteiger partial charge in [-0.3, -0.25) is 9.69 Å². The predicted octanol–water partition coefficient (Wildman–Crippen LogP) is 5.98. The average molecular weight is 492 g/mol.